The molecule has 0 radical (unpaired) electrons. The first-order valence-corrected chi connectivity index (χ1v) is 6.85. The summed E-state index contributed by atoms with van der Waals surface area (Å²) in [6, 6.07) is 5.70. The van der Waals surface area contributed by atoms with E-state index in [0.29, 0.717) is 12.1 Å². The topological polar surface area (TPSA) is 7.12 Å². The van der Waals surface area contributed by atoms with E-state index in [1.54, 1.807) is 5.56 Å². The molecule has 2 nitrogen and oxygen atoms in total. The molecule has 17 heavy (non-hydrogen) atoms. The highest BCUT2D eigenvalue weighted by atomic mass is 15.2. The van der Waals surface area contributed by atoms with Crippen LogP contribution >= 0.6 is 0 Å². The molecule has 0 atom stereocenters. The van der Waals surface area contributed by atoms with E-state index in [0.717, 1.165) is 6.54 Å². The molecule has 2 heterocycles. The fourth-order valence-corrected chi connectivity index (χ4v) is 2.68. The largest absolute Gasteiger partial charge is 0.291 e. The molecular weight excluding hydrogens is 208 g/mol. The second-order valence-electron chi connectivity index (χ2n) is 5.65. The number of nitrogens with zero attached hydrogens (tertiary/aromatic N) is 2. The Kier molecular flexibility index (Phi) is 3.82. The molecule has 0 saturated heterocycles. The first-order chi connectivity index (χ1) is 8.09. The third-order valence-corrected chi connectivity index (χ3v) is 3.76. The monoisotopic (exact) mass is 233 g/mol. The molecule has 0 unspecified atom stereocenters. The third-order valence-electron chi connectivity index (χ3n) is 3.76. The van der Waals surface area contributed by atoms with Gasteiger partial charge in [0.2, 0.25) is 0 Å². The molecule has 0 amide bonds. The summed E-state index contributed by atoms with van der Waals surface area (Å²) in [5.74, 6) is 0. The maximum atomic E-state index is 2.59. The summed E-state index contributed by atoms with van der Waals surface area (Å²) in [7, 11) is 0. The fraction of sp³-hybridized carbons (Fsp3) is 0.667. The zero-order valence-corrected chi connectivity index (χ0v) is 11.6. The Hall–Kier alpha value is -0.890. The first kappa shape index (κ1) is 12.6. The summed E-state index contributed by atoms with van der Waals surface area (Å²) in [4.78, 5) is 2.59. The quantitative estimate of drug-likeness (QED) is 0.712. The van der Waals surface area contributed by atoms with Crippen molar-refractivity contribution in [2.75, 3.05) is 6.54 Å². The van der Waals surface area contributed by atoms with Crippen molar-refractivity contribution in [1.29, 1.82) is 0 Å². The molecule has 2 heteroatoms. The summed E-state index contributed by atoms with van der Waals surface area (Å²) >= 11 is 0. The van der Waals surface area contributed by atoms with E-state index >= 15 is 0 Å². The Morgan fingerprint density at radius 2 is 2.00 bits per heavy atom. The number of aromatic nitrogens is 1. The first-order valence-electron chi connectivity index (χ1n) is 6.85. The van der Waals surface area contributed by atoms with Crippen LogP contribution in [0.3, 0.4) is 0 Å². The Balaban J connectivity index is 2.37. The maximum absolute atomic E-state index is 2.59. The molecule has 0 aromatic carbocycles. The molecule has 0 fully saturated rings. The Bertz CT molecular complexity index is 383. The van der Waals surface area contributed by atoms with E-state index in [9.17, 15) is 0 Å². The van der Waals surface area contributed by atoms with Crippen molar-refractivity contribution in [2.45, 2.75) is 59.2 Å². The van der Waals surface area contributed by atoms with Crippen LogP contribution in [0.2, 0.25) is 0 Å². The van der Waals surface area contributed by atoms with E-state index in [4.69, 9.17) is 0 Å². The van der Waals surface area contributed by atoms with E-state index in [2.05, 4.69) is 55.5 Å². The smallest absolute Gasteiger partial charge is 0.198 e. The van der Waals surface area contributed by atoms with Crippen molar-refractivity contribution in [1.82, 2.24) is 4.90 Å². The standard InChI is InChI=1S/C15H25N2/c1-12(2)16-9-5-7-14-8-6-10-17(13(3)4)15(14)11-16/h6,8,10,12-13H,5,7,9,11H2,1-4H3/q+1. The highest BCUT2D eigenvalue weighted by molar-refractivity contribution is 5.17. The Labute approximate surface area is 105 Å². The van der Waals surface area contributed by atoms with Gasteiger partial charge in [-0.15, -0.1) is 0 Å². The molecule has 0 aliphatic carbocycles. The lowest BCUT2D eigenvalue weighted by atomic mass is 10.1. The van der Waals surface area contributed by atoms with Gasteiger partial charge in [-0.25, -0.2) is 0 Å². The number of hydrogen-bond donors (Lipinski definition) is 0. The van der Waals surface area contributed by atoms with Gasteiger partial charge in [0.25, 0.3) is 0 Å². The molecule has 0 saturated carbocycles. The van der Waals surface area contributed by atoms with E-state index in [-0.39, 0.29) is 0 Å². The average Bonchev–Trinajstić information content (AvgIpc) is 2.49. The van der Waals surface area contributed by atoms with Crippen LogP contribution in [0.1, 0.15) is 51.4 Å². The number of hydrogen-bond acceptors (Lipinski definition) is 1. The summed E-state index contributed by atoms with van der Waals surface area (Å²) in [6.45, 7) is 11.5. The molecule has 0 spiro atoms. The fourth-order valence-electron chi connectivity index (χ4n) is 2.68. The van der Waals surface area contributed by atoms with Gasteiger partial charge in [-0.1, -0.05) is 0 Å². The highest BCUT2D eigenvalue weighted by Crippen LogP contribution is 2.18. The van der Waals surface area contributed by atoms with Crippen molar-refractivity contribution >= 4 is 0 Å². The number of aryl methyl sites for hydroxylation is 1. The predicted octanol–water partition coefficient (Wildman–Crippen LogP) is 2.71. The Morgan fingerprint density at radius 3 is 2.65 bits per heavy atom. The van der Waals surface area contributed by atoms with Crippen LogP contribution in [0.5, 0.6) is 0 Å². The zero-order chi connectivity index (χ0) is 12.4. The van der Waals surface area contributed by atoms with Gasteiger partial charge in [-0.05, 0) is 53.1 Å². The minimum Gasteiger partial charge on any atom is -0.291 e. The molecule has 0 N–H and O–H groups in total. The van der Waals surface area contributed by atoms with Crippen molar-refractivity contribution in [2.24, 2.45) is 0 Å². The summed E-state index contributed by atoms with van der Waals surface area (Å²) < 4.78 is 2.44. The number of fused-ring (bicyclic) bond motifs is 1. The lowest BCUT2D eigenvalue weighted by Crippen LogP contribution is -2.44. The zero-order valence-electron chi connectivity index (χ0n) is 11.6. The van der Waals surface area contributed by atoms with Crippen molar-refractivity contribution in [3.63, 3.8) is 0 Å². The van der Waals surface area contributed by atoms with Crippen molar-refractivity contribution in [3.8, 4) is 0 Å². The van der Waals surface area contributed by atoms with Gasteiger partial charge >= 0.3 is 0 Å². The van der Waals surface area contributed by atoms with Crippen LogP contribution in [0.15, 0.2) is 18.3 Å². The van der Waals surface area contributed by atoms with Gasteiger partial charge in [-0.3, -0.25) is 4.90 Å². The second-order valence-corrected chi connectivity index (χ2v) is 5.65. The molecule has 2 rings (SSSR count). The molecule has 94 valence electrons. The van der Waals surface area contributed by atoms with Gasteiger partial charge < -0.3 is 0 Å². The van der Waals surface area contributed by atoms with E-state index < -0.39 is 0 Å². The number of rotatable bonds is 2. The van der Waals surface area contributed by atoms with Crippen LogP contribution in [0.4, 0.5) is 0 Å². The van der Waals surface area contributed by atoms with Gasteiger partial charge in [0.1, 0.15) is 0 Å². The highest BCUT2D eigenvalue weighted by Gasteiger charge is 2.24. The van der Waals surface area contributed by atoms with Crippen LogP contribution in [0.25, 0.3) is 0 Å². The summed E-state index contributed by atoms with van der Waals surface area (Å²) in [5, 5.41) is 0. The SMILES string of the molecule is CC(C)N1CCCc2ccc[n+](C(C)C)c2C1. The number of pyridine rings is 1. The van der Waals surface area contributed by atoms with E-state index in [1.807, 2.05) is 0 Å². The average molecular weight is 233 g/mol. The van der Waals surface area contributed by atoms with E-state index in [1.165, 1.54) is 25.1 Å². The molecular formula is C15H25N2+. The lowest BCUT2D eigenvalue weighted by molar-refractivity contribution is -0.724. The minimum atomic E-state index is 0.553. The van der Waals surface area contributed by atoms with Gasteiger partial charge in [-0.2, -0.15) is 4.57 Å². The Morgan fingerprint density at radius 1 is 1.24 bits per heavy atom. The van der Waals surface area contributed by atoms with Crippen LogP contribution in [0, 0.1) is 0 Å². The second kappa shape index (κ2) is 5.18. The van der Waals surface area contributed by atoms with Gasteiger partial charge in [0, 0.05) is 17.7 Å². The van der Waals surface area contributed by atoms with Gasteiger partial charge in [0.15, 0.2) is 17.9 Å². The predicted molar refractivity (Wildman–Crippen MR) is 70.9 cm³/mol. The summed E-state index contributed by atoms with van der Waals surface area (Å²) in [6.07, 6.45) is 4.74. The van der Waals surface area contributed by atoms with Crippen molar-refractivity contribution < 1.29 is 4.57 Å². The molecule has 1 aliphatic rings. The molecule has 1 aliphatic heterocycles. The van der Waals surface area contributed by atoms with Crippen LogP contribution < -0.4 is 4.57 Å². The van der Waals surface area contributed by atoms with Gasteiger partial charge in [0.05, 0.1) is 6.54 Å². The molecule has 1 aromatic rings. The minimum absolute atomic E-state index is 0.553. The molecule has 1 aromatic heterocycles. The van der Waals surface area contributed by atoms with Crippen molar-refractivity contribution in [3.05, 3.63) is 29.6 Å². The maximum Gasteiger partial charge on any atom is 0.198 e. The third kappa shape index (κ3) is 2.68. The lowest BCUT2D eigenvalue weighted by Gasteiger charge is -2.23. The normalized spacial score (nSPS) is 17.3. The van der Waals surface area contributed by atoms with Crippen LogP contribution in [-0.4, -0.2) is 17.5 Å². The summed E-state index contributed by atoms with van der Waals surface area (Å²) in [5.41, 5.74) is 3.07. The van der Waals surface area contributed by atoms with Crippen LogP contribution in [-0.2, 0) is 13.0 Å². The molecule has 0 bridgehead atoms.